The molecule has 0 bridgehead atoms. The summed E-state index contributed by atoms with van der Waals surface area (Å²) < 4.78 is 5.83. The van der Waals surface area contributed by atoms with E-state index in [9.17, 15) is 5.26 Å². The molecule has 0 spiro atoms. The molecule has 1 aromatic heterocycles. The van der Waals surface area contributed by atoms with Crippen molar-refractivity contribution in [3.05, 3.63) is 47.0 Å². The molecular formula is C17H19N5O. The van der Waals surface area contributed by atoms with Crippen LogP contribution >= 0.6 is 0 Å². The largest absolute Gasteiger partial charge is 0.370 e. The Hall–Kier alpha value is -2.62. The van der Waals surface area contributed by atoms with Gasteiger partial charge < -0.3 is 15.5 Å². The number of fused-ring (bicyclic) bond motifs is 1. The molecule has 2 heterocycles. The number of aromatic nitrogens is 1. The highest BCUT2D eigenvalue weighted by Gasteiger charge is 2.31. The number of para-hydroxylation sites is 1. The van der Waals surface area contributed by atoms with Gasteiger partial charge in [-0.05, 0) is 31.5 Å². The third-order valence-corrected chi connectivity index (χ3v) is 3.91. The minimum Gasteiger partial charge on any atom is -0.370 e. The van der Waals surface area contributed by atoms with E-state index in [1.807, 2.05) is 44.2 Å². The van der Waals surface area contributed by atoms with Crippen molar-refractivity contribution in [2.45, 2.75) is 32.5 Å². The van der Waals surface area contributed by atoms with E-state index in [0.29, 0.717) is 30.2 Å². The Morgan fingerprint density at radius 1 is 1.22 bits per heavy atom. The van der Waals surface area contributed by atoms with Crippen molar-refractivity contribution < 1.29 is 4.74 Å². The number of nitrogen functional groups attached to an aromatic ring is 1. The van der Waals surface area contributed by atoms with Crippen molar-refractivity contribution in [1.82, 2.24) is 4.98 Å². The van der Waals surface area contributed by atoms with E-state index in [1.165, 1.54) is 0 Å². The molecule has 118 valence electrons. The van der Waals surface area contributed by atoms with Crippen LogP contribution in [0.5, 0.6) is 0 Å². The van der Waals surface area contributed by atoms with Gasteiger partial charge in [-0.15, -0.1) is 0 Å². The molecule has 4 N–H and O–H groups in total. The molecule has 3 rings (SSSR count). The molecule has 0 fully saturated rings. The van der Waals surface area contributed by atoms with Crippen molar-refractivity contribution in [3.63, 3.8) is 0 Å². The Kier molecular flexibility index (Phi) is 3.90. The molecule has 0 unspecified atom stereocenters. The number of nitriles is 1. The van der Waals surface area contributed by atoms with Crippen LogP contribution in [-0.2, 0) is 17.8 Å². The lowest BCUT2D eigenvalue weighted by Crippen LogP contribution is -2.33. The van der Waals surface area contributed by atoms with Gasteiger partial charge in [0.2, 0.25) is 0 Å². The molecule has 0 amide bonds. The first-order valence-corrected chi connectivity index (χ1v) is 7.42. The highest BCUT2D eigenvalue weighted by molar-refractivity contribution is 5.70. The van der Waals surface area contributed by atoms with Crippen molar-refractivity contribution in [2.75, 3.05) is 10.7 Å². The van der Waals surface area contributed by atoms with Gasteiger partial charge >= 0.3 is 0 Å². The first kappa shape index (κ1) is 15.3. The van der Waals surface area contributed by atoms with Gasteiger partial charge in [0.15, 0.2) is 5.82 Å². The van der Waals surface area contributed by atoms with Crippen molar-refractivity contribution in [1.29, 1.82) is 5.26 Å². The maximum Gasteiger partial charge on any atom is 0.151 e. The number of benzene rings is 1. The molecule has 1 aliphatic heterocycles. The quantitative estimate of drug-likeness (QED) is 0.596. The van der Waals surface area contributed by atoms with Crippen molar-refractivity contribution >= 4 is 17.3 Å². The number of rotatable bonds is 3. The zero-order valence-electron chi connectivity index (χ0n) is 13.2. The van der Waals surface area contributed by atoms with Gasteiger partial charge in [0, 0.05) is 17.7 Å². The van der Waals surface area contributed by atoms with Crippen LogP contribution in [0, 0.1) is 11.3 Å². The third-order valence-electron chi connectivity index (χ3n) is 3.91. The smallest absolute Gasteiger partial charge is 0.151 e. The SMILES string of the molecule is CC1(C)Cc2c(C#N)c(Nc3ccccc3)nc(NN)c2CO1. The minimum absolute atomic E-state index is 0.324. The Morgan fingerprint density at radius 3 is 2.61 bits per heavy atom. The van der Waals surface area contributed by atoms with Gasteiger partial charge in [-0.25, -0.2) is 10.8 Å². The van der Waals surface area contributed by atoms with Gasteiger partial charge in [-0.3, -0.25) is 0 Å². The molecule has 1 aromatic carbocycles. The first-order valence-electron chi connectivity index (χ1n) is 7.42. The second-order valence-electron chi connectivity index (χ2n) is 6.11. The number of nitrogens with two attached hydrogens (primary N) is 1. The zero-order chi connectivity index (χ0) is 16.4. The summed E-state index contributed by atoms with van der Waals surface area (Å²) in [5, 5.41) is 12.9. The lowest BCUT2D eigenvalue weighted by Gasteiger charge is -2.33. The van der Waals surface area contributed by atoms with Crippen LogP contribution in [0.2, 0.25) is 0 Å². The average molecular weight is 309 g/mol. The lowest BCUT2D eigenvalue weighted by atomic mass is 9.89. The summed E-state index contributed by atoms with van der Waals surface area (Å²) >= 11 is 0. The van der Waals surface area contributed by atoms with Gasteiger partial charge in [0.1, 0.15) is 11.9 Å². The second-order valence-corrected chi connectivity index (χ2v) is 6.11. The fraction of sp³-hybridized carbons (Fsp3) is 0.294. The number of nitrogens with zero attached hydrogens (tertiary/aromatic N) is 2. The highest BCUT2D eigenvalue weighted by atomic mass is 16.5. The van der Waals surface area contributed by atoms with Gasteiger partial charge in [0.05, 0.1) is 17.8 Å². The Bertz CT molecular complexity index is 765. The number of pyridine rings is 1. The van der Waals surface area contributed by atoms with Gasteiger partial charge in [0.25, 0.3) is 0 Å². The average Bonchev–Trinajstić information content (AvgIpc) is 2.54. The first-order chi connectivity index (χ1) is 11.0. The van der Waals surface area contributed by atoms with Crippen LogP contribution in [0.15, 0.2) is 30.3 Å². The Balaban J connectivity index is 2.12. The van der Waals surface area contributed by atoms with E-state index in [0.717, 1.165) is 16.8 Å². The predicted octanol–water partition coefficient (Wildman–Crippen LogP) is 2.83. The summed E-state index contributed by atoms with van der Waals surface area (Å²) in [6.07, 6.45) is 0.631. The Labute approximate surface area is 135 Å². The molecule has 1 aliphatic rings. The lowest BCUT2D eigenvalue weighted by molar-refractivity contribution is -0.0399. The van der Waals surface area contributed by atoms with Crippen LogP contribution in [-0.4, -0.2) is 10.6 Å². The summed E-state index contributed by atoms with van der Waals surface area (Å²) in [5.74, 6) is 6.65. The van der Waals surface area contributed by atoms with Crippen LogP contribution in [0.3, 0.4) is 0 Å². The Morgan fingerprint density at radius 2 is 1.96 bits per heavy atom. The minimum atomic E-state index is -0.324. The molecular weight excluding hydrogens is 290 g/mol. The summed E-state index contributed by atoms with van der Waals surface area (Å²) in [6, 6.07) is 11.9. The number of hydrogen-bond donors (Lipinski definition) is 3. The predicted molar refractivity (Wildman–Crippen MR) is 89.1 cm³/mol. The molecule has 0 aliphatic carbocycles. The van der Waals surface area contributed by atoms with Crippen LogP contribution in [0.4, 0.5) is 17.3 Å². The molecule has 23 heavy (non-hydrogen) atoms. The molecule has 2 aromatic rings. The van der Waals surface area contributed by atoms with E-state index in [2.05, 4.69) is 21.8 Å². The topological polar surface area (TPSA) is 96.0 Å². The number of anilines is 3. The summed E-state index contributed by atoms with van der Waals surface area (Å²) in [6.45, 7) is 4.41. The molecule has 0 radical (unpaired) electrons. The second kappa shape index (κ2) is 5.88. The summed E-state index contributed by atoms with van der Waals surface area (Å²) in [4.78, 5) is 4.47. The van der Waals surface area contributed by atoms with Gasteiger partial charge in [-0.1, -0.05) is 18.2 Å². The van der Waals surface area contributed by atoms with E-state index in [-0.39, 0.29) is 5.60 Å². The fourth-order valence-electron chi connectivity index (χ4n) is 2.76. The van der Waals surface area contributed by atoms with E-state index in [1.54, 1.807) is 0 Å². The zero-order valence-corrected chi connectivity index (χ0v) is 13.2. The molecule has 6 heteroatoms. The molecule has 0 saturated carbocycles. The van der Waals surface area contributed by atoms with Crippen molar-refractivity contribution in [2.24, 2.45) is 5.84 Å². The van der Waals surface area contributed by atoms with Crippen LogP contribution in [0.1, 0.15) is 30.5 Å². The van der Waals surface area contributed by atoms with Gasteiger partial charge in [-0.2, -0.15) is 5.26 Å². The van der Waals surface area contributed by atoms with E-state index >= 15 is 0 Å². The fourth-order valence-corrected chi connectivity index (χ4v) is 2.76. The van der Waals surface area contributed by atoms with Crippen molar-refractivity contribution in [3.8, 4) is 6.07 Å². The number of hydrazine groups is 1. The number of hydrogen-bond acceptors (Lipinski definition) is 6. The van der Waals surface area contributed by atoms with E-state index in [4.69, 9.17) is 10.6 Å². The third kappa shape index (κ3) is 2.97. The number of ether oxygens (including phenoxy) is 1. The molecule has 0 atom stereocenters. The monoisotopic (exact) mass is 309 g/mol. The maximum atomic E-state index is 9.66. The highest BCUT2D eigenvalue weighted by Crippen LogP contribution is 2.36. The number of nitrogens with one attached hydrogen (secondary N) is 2. The maximum absolute atomic E-state index is 9.66. The summed E-state index contributed by atoms with van der Waals surface area (Å²) in [5.41, 5.74) is 5.49. The van der Waals surface area contributed by atoms with Crippen LogP contribution in [0.25, 0.3) is 0 Å². The molecule has 6 nitrogen and oxygen atoms in total. The summed E-state index contributed by atoms with van der Waals surface area (Å²) in [7, 11) is 0. The standard InChI is InChI=1S/C17H19N5O/c1-17(2)8-12-13(9-18)15(20-11-6-4-3-5-7-11)21-16(22-19)14(12)10-23-17/h3-7H,8,10,19H2,1-2H3,(H2,20,21,22). The molecule has 0 saturated heterocycles. The van der Waals surface area contributed by atoms with E-state index < -0.39 is 0 Å². The van der Waals surface area contributed by atoms with Crippen LogP contribution < -0.4 is 16.6 Å². The normalized spacial score (nSPS) is 15.4.